The number of fused-ring (bicyclic) bond motifs is 3. The van der Waals surface area contributed by atoms with Crippen molar-refractivity contribution < 1.29 is 47.0 Å². The number of carbonyl (C=O) groups is 4. The molecule has 5 atom stereocenters. The third kappa shape index (κ3) is 8.87. The number of carbonyl (C=O) groups excluding carboxylic acids is 4. The first-order valence-electron chi connectivity index (χ1n) is 18.2. The highest BCUT2D eigenvalue weighted by atomic mass is 19.4. The highest BCUT2D eigenvalue weighted by Crippen LogP contribution is 2.40. The van der Waals surface area contributed by atoms with Crippen molar-refractivity contribution in [2.24, 2.45) is 11.8 Å². The Labute approximate surface area is 315 Å². The van der Waals surface area contributed by atoms with Gasteiger partial charge >= 0.3 is 6.18 Å². The van der Waals surface area contributed by atoms with Crippen LogP contribution in [0.2, 0.25) is 0 Å². The van der Waals surface area contributed by atoms with Crippen LogP contribution in [0, 0.1) is 17.7 Å². The molecule has 0 bridgehead atoms. The van der Waals surface area contributed by atoms with Crippen LogP contribution in [-0.2, 0) is 44.6 Å². The lowest BCUT2D eigenvalue weighted by atomic mass is 9.78. The van der Waals surface area contributed by atoms with Crippen molar-refractivity contribution in [2.75, 3.05) is 5.32 Å². The Morgan fingerprint density at radius 2 is 1.56 bits per heavy atom. The molecule has 3 aromatic carbocycles. The van der Waals surface area contributed by atoms with E-state index in [9.17, 15) is 47.0 Å². The number of alkyl halides is 3. The van der Waals surface area contributed by atoms with E-state index < -0.39 is 76.4 Å². The number of benzene rings is 3. The van der Waals surface area contributed by atoms with Crippen molar-refractivity contribution in [3.8, 4) is 11.5 Å². The number of hydrogen-bond acceptors (Lipinski definition) is 6. The number of hydrogen-bond donors (Lipinski definition) is 7. The highest BCUT2D eigenvalue weighted by Gasteiger charge is 2.47. The maximum absolute atomic E-state index is 14.7. The first kappa shape index (κ1) is 40.6. The van der Waals surface area contributed by atoms with Crippen LogP contribution in [0.25, 0.3) is 10.9 Å². The SMILES string of the molecule is CCC(C)[C@H](NC(=O)Cc1ccccc1F)C(=O)N[C@]1(C(=O)NC(C(=O)Nc2ccc(O)cc2O)[C@@H](C)CC)CCc2[nH]c3c(C(F)(F)F)cccc3c2C1. The molecule has 0 fully saturated rings. The molecule has 0 saturated carbocycles. The molecule has 0 spiro atoms. The van der Waals surface area contributed by atoms with Crippen LogP contribution in [0.4, 0.5) is 23.2 Å². The predicted molar refractivity (Wildman–Crippen MR) is 197 cm³/mol. The molecule has 15 heteroatoms. The van der Waals surface area contributed by atoms with Crippen LogP contribution in [0.3, 0.4) is 0 Å². The molecular formula is C40H45F4N5O6. The smallest absolute Gasteiger partial charge is 0.418 e. The van der Waals surface area contributed by atoms with E-state index in [-0.39, 0.29) is 53.6 Å². The number of nitrogens with one attached hydrogen (secondary N) is 5. The van der Waals surface area contributed by atoms with Crippen molar-refractivity contribution in [3.05, 3.63) is 88.9 Å². The van der Waals surface area contributed by atoms with Gasteiger partial charge in [0.25, 0.3) is 0 Å². The first-order valence-corrected chi connectivity index (χ1v) is 18.2. The van der Waals surface area contributed by atoms with Crippen LogP contribution in [0.1, 0.15) is 69.3 Å². The first-order chi connectivity index (χ1) is 26.0. The highest BCUT2D eigenvalue weighted by molar-refractivity contribution is 6.02. The fourth-order valence-electron chi connectivity index (χ4n) is 6.94. The number of aryl methyl sites for hydroxylation is 1. The van der Waals surface area contributed by atoms with Gasteiger partial charge in [-0.2, -0.15) is 13.2 Å². The molecule has 2 unspecified atom stereocenters. The fraction of sp³-hybridized carbons (Fsp3) is 0.400. The van der Waals surface area contributed by atoms with E-state index in [1.54, 1.807) is 33.8 Å². The number of aromatic amines is 1. The van der Waals surface area contributed by atoms with Gasteiger partial charge in [0, 0.05) is 23.6 Å². The molecule has 4 amide bonds. The topological polar surface area (TPSA) is 173 Å². The monoisotopic (exact) mass is 767 g/mol. The molecule has 0 aliphatic heterocycles. The minimum Gasteiger partial charge on any atom is -0.508 e. The third-order valence-corrected chi connectivity index (χ3v) is 10.6. The number of halogens is 4. The largest absolute Gasteiger partial charge is 0.508 e. The summed E-state index contributed by atoms with van der Waals surface area (Å²) in [6.45, 7) is 7.03. The van der Waals surface area contributed by atoms with Gasteiger partial charge in [0.05, 0.1) is 23.2 Å². The molecule has 1 aliphatic rings. The molecule has 5 rings (SSSR count). The van der Waals surface area contributed by atoms with E-state index in [0.29, 0.717) is 24.1 Å². The molecule has 4 aromatic rings. The van der Waals surface area contributed by atoms with E-state index in [4.69, 9.17) is 0 Å². The summed E-state index contributed by atoms with van der Waals surface area (Å²) in [5.74, 6) is -5.09. The maximum Gasteiger partial charge on any atom is 0.418 e. The van der Waals surface area contributed by atoms with Gasteiger partial charge in [-0.05, 0) is 60.1 Å². The number of amides is 4. The second kappa shape index (κ2) is 16.4. The second-order valence-corrected chi connectivity index (χ2v) is 14.3. The zero-order valence-corrected chi connectivity index (χ0v) is 30.9. The van der Waals surface area contributed by atoms with Crippen molar-refractivity contribution in [1.29, 1.82) is 0 Å². The summed E-state index contributed by atoms with van der Waals surface area (Å²) in [6.07, 6.45) is -4.50. The van der Waals surface area contributed by atoms with Crippen molar-refractivity contribution in [2.45, 2.75) is 90.0 Å². The summed E-state index contributed by atoms with van der Waals surface area (Å²) >= 11 is 0. The van der Waals surface area contributed by atoms with E-state index in [1.165, 1.54) is 42.5 Å². The molecule has 1 aliphatic carbocycles. The number of rotatable bonds is 13. The Hall–Kier alpha value is -5.60. The standard InChI is InChI=1S/C40H45F4N5O6/c1-5-21(3)33(36(53)46-30-15-14-24(50)19-31(30)51)48-38(55)39(17-16-29-26(20-39)25-11-9-12-27(35(25)45-29)40(42,43)44)49-37(54)34(22(4)6-2)47-32(52)18-23-10-7-8-13-28(23)41/h7-15,19,21-22,33-34,45,50-51H,5-6,16-18,20H2,1-4H3,(H,46,53)(H,47,52)(H,48,55)(H,49,54)/t21-,22?,33?,34-,39+/m0/s1. The Balaban J connectivity index is 1.52. The van der Waals surface area contributed by atoms with Crippen molar-refractivity contribution in [1.82, 2.24) is 20.9 Å². The minimum absolute atomic E-state index is 0.0301. The van der Waals surface area contributed by atoms with Crippen molar-refractivity contribution >= 4 is 40.2 Å². The molecule has 294 valence electrons. The third-order valence-electron chi connectivity index (χ3n) is 10.6. The lowest BCUT2D eigenvalue weighted by molar-refractivity contribution is -0.138. The van der Waals surface area contributed by atoms with E-state index in [2.05, 4.69) is 26.3 Å². The second-order valence-electron chi connectivity index (χ2n) is 14.3. The van der Waals surface area contributed by atoms with Gasteiger partial charge in [0.1, 0.15) is 34.9 Å². The number of H-pyrrole nitrogens is 1. The van der Waals surface area contributed by atoms with Gasteiger partial charge in [-0.3, -0.25) is 19.2 Å². The maximum atomic E-state index is 14.7. The number of anilines is 1. The Kier molecular flexibility index (Phi) is 12.1. The number of aromatic hydroxyl groups is 2. The Morgan fingerprint density at radius 3 is 2.20 bits per heavy atom. The van der Waals surface area contributed by atoms with E-state index in [1.807, 2.05) is 0 Å². The van der Waals surface area contributed by atoms with Gasteiger partial charge in [0.2, 0.25) is 23.6 Å². The summed E-state index contributed by atoms with van der Waals surface area (Å²) in [5.41, 5.74) is -1.94. The normalized spacial score (nSPS) is 17.7. The van der Waals surface area contributed by atoms with Gasteiger partial charge < -0.3 is 36.5 Å². The van der Waals surface area contributed by atoms with Crippen molar-refractivity contribution in [3.63, 3.8) is 0 Å². The molecule has 0 radical (unpaired) electrons. The summed E-state index contributed by atoms with van der Waals surface area (Å²) in [6, 6.07) is 10.6. The molecular weight excluding hydrogens is 722 g/mol. The summed E-state index contributed by atoms with van der Waals surface area (Å²) in [7, 11) is 0. The van der Waals surface area contributed by atoms with Crippen LogP contribution in [-0.4, -0.2) is 56.4 Å². The van der Waals surface area contributed by atoms with Crippen LogP contribution in [0.5, 0.6) is 11.5 Å². The van der Waals surface area contributed by atoms with E-state index in [0.717, 1.165) is 12.1 Å². The summed E-state index contributed by atoms with van der Waals surface area (Å²) in [5, 5.41) is 31.1. The zero-order valence-electron chi connectivity index (χ0n) is 30.9. The minimum atomic E-state index is -4.68. The zero-order chi connectivity index (χ0) is 40.2. The van der Waals surface area contributed by atoms with Gasteiger partial charge in [-0.25, -0.2) is 4.39 Å². The number of para-hydroxylation sites is 1. The average molecular weight is 768 g/mol. The molecule has 55 heavy (non-hydrogen) atoms. The van der Waals surface area contributed by atoms with Crippen LogP contribution in [0.15, 0.2) is 60.7 Å². The Bertz CT molecular complexity index is 2080. The molecule has 1 heterocycles. The molecule has 0 saturated heterocycles. The van der Waals surface area contributed by atoms with E-state index >= 15 is 0 Å². The lowest BCUT2D eigenvalue weighted by Gasteiger charge is -2.39. The lowest BCUT2D eigenvalue weighted by Crippen LogP contribution is -2.67. The van der Waals surface area contributed by atoms with Gasteiger partial charge in [-0.1, -0.05) is 70.9 Å². The van der Waals surface area contributed by atoms with Crippen LogP contribution < -0.4 is 21.3 Å². The number of phenols is 2. The number of aromatic nitrogens is 1. The molecule has 7 N–H and O–H groups in total. The molecule has 11 nitrogen and oxygen atoms in total. The predicted octanol–water partition coefficient (Wildman–Crippen LogP) is 6.02. The summed E-state index contributed by atoms with van der Waals surface area (Å²) in [4.78, 5) is 58.8. The van der Waals surface area contributed by atoms with Gasteiger partial charge in [0.15, 0.2) is 0 Å². The molecule has 1 aromatic heterocycles. The fourth-order valence-corrected chi connectivity index (χ4v) is 6.94. The number of phenolic OH excluding ortho intramolecular Hbond substituents is 2. The Morgan fingerprint density at radius 1 is 0.891 bits per heavy atom. The van der Waals surface area contributed by atoms with Crippen LogP contribution >= 0.6 is 0 Å². The average Bonchev–Trinajstić information content (AvgIpc) is 3.51. The van der Waals surface area contributed by atoms with Gasteiger partial charge in [-0.15, -0.1) is 0 Å². The summed E-state index contributed by atoms with van der Waals surface area (Å²) < 4.78 is 56.6. The quantitative estimate of drug-likeness (QED) is 0.0498.